The third-order valence-corrected chi connectivity index (χ3v) is 6.43. The van der Waals surface area contributed by atoms with Gasteiger partial charge in [0.05, 0.1) is 5.75 Å². The molecule has 1 aromatic heterocycles. The first-order valence-corrected chi connectivity index (χ1v) is 11.1. The standard InChI is InChI=1S/C17H21ClN2O3S2/c1-2-3-6-9-25(22,23)12-16(21)20-17-19-11-14(24-17)10-13-7-4-5-8-15(13)18/h4-5,7-8,11H,2-3,6,9-10,12H2,1H3,(H,19,20,21). The zero-order valence-corrected chi connectivity index (χ0v) is 16.4. The van der Waals surface area contributed by atoms with Crippen molar-refractivity contribution < 1.29 is 13.2 Å². The Morgan fingerprint density at radius 2 is 2.04 bits per heavy atom. The second kappa shape index (κ2) is 9.31. The van der Waals surface area contributed by atoms with Crippen LogP contribution in [0.15, 0.2) is 30.5 Å². The molecule has 1 N–H and O–H groups in total. The van der Waals surface area contributed by atoms with Crippen LogP contribution < -0.4 is 5.32 Å². The maximum absolute atomic E-state index is 11.9. The second-order valence-electron chi connectivity index (χ2n) is 5.75. The zero-order valence-electron chi connectivity index (χ0n) is 14.0. The molecule has 136 valence electrons. The molecular weight excluding hydrogens is 380 g/mol. The van der Waals surface area contributed by atoms with E-state index in [1.807, 2.05) is 31.2 Å². The van der Waals surface area contributed by atoms with Crippen molar-refractivity contribution in [1.82, 2.24) is 4.98 Å². The summed E-state index contributed by atoms with van der Waals surface area (Å²) in [6.45, 7) is 2.00. The van der Waals surface area contributed by atoms with Crippen molar-refractivity contribution in [2.75, 3.05) is 16.8 Å². The third kappa shape index (κ3) is 6.76. The normalized spacial score (nSPS) is 11.4. The number of thiazole rings is 1. The summed E-state index contributed by atoms with van der Waals surface area (Å²) >= 11 is 7.45. The summed E-state index contributed by atoms with van der Waals surface area (Å²) < 4.78 is 23.8. The Kier molecular flexibility index (Phi) is 7.40. The summed E-state index contributed by atoms with van der Waals surface area (Å²) in [6, 6.07) is 7.53. The SMILES string of the molecule is CCCCCS(=O)(=O)CC(=O)Nc1ncc(Cc2ccccc2Cl)s1. The fourth-order valence-electron chi connectivity index (χ4n) is 2.28. The molecule has 0 aliphatic heterocycles. The molecule has 8 heteroatoms. The summed E-state index contributed by atoms with van der Waals surface area (Å²) in [7, 11) is -3.37. The van der Waals surface area contributed by atoms with E-state index in [0.717, 1.165) is 23.3 Å². The Balaban J connectivity index is 1.90. The van der Waals surface area contributed by atoms with Crippen LogP contribution in [0.1, 0.15) is 36.6 Å². The number of benzene rings is 1. The lowest BCUT2D eigenvalue weighted by Crippen LogP contribution is -2.24. The number of sulfone groups is 1. The van der Waals surface area contributed by atoms with Gasteiger partial charge in [0.25, 0.3) is 0 Å². The van der Waals surface area contributed by atoms with Gasteiger partial charge in [-0.25, -0.2) is 13.4 Å². The van der Waals surface area contributed by atoms with Crippen molar-refractivity contribution >= 4 is 43.8 Å². The molecule has 1 amide bonds. The average Bonchev–Trinajstić information content (AvgIpc) is 2.96. The second-order valence-corrected chi connectivity index (χ2v) is 9.45. The predicted octanol–water partition coefficient (Wildman–Crippen LogP) is 3.93. The highest BCUT2D eigenvalue weighted by Gasteiger charge is 2.17. The van der Waals surface area contributed by atoms with Gasteiger partial charge in [-0.15, -0.1) is 11.3 Å². The lowest BCUT2D eigenvalue weighted by Gasteiger charge is -2.04. The number of carbonyl (C=O) groups is 1. The fourth-order valence-corrected chi connectivity index (χ4v) is 4.59. The lowest BCUT2D eigenvalue weighted by molar-refractivity contribution is -0.113. The van der Waals surface area contributed by atoms with Crippen molar-refractivity contribution in [3.8, 4) is 0 Å². The number of anilines is 1. The van der Waals surface area contributed by atoms with Gasteiger partial charge in [-0.1, -0.05) is 49.6 Å². The van der Waals surface area contributed by atoms with Crippen LogP contribution in [0, 0.1) is 0 Å². The molecule has 0 fully saturated rings. The third-order valence-electron chi connectivity index (χ3n) is 3.53. The van der Waals surface area contributed by atoms with E-state index in [2.05, 4.69) is 10.3 Å². The predicted molar refractivity (Wildman–Crippen MR) is 103 cm³/mol. The van der Waals surface area contributed by atoms with Gasteiger partial charge in [0.2, 0.25) is 5.91 Å². The number of hydrogen-bond donors (Lipinski definition) is 1. The number of halogens is 1. The van der Waals surface area contributed by atoms with Gasteiger partial charge in [-0.2, -0.15) is 0 Å². The molecule has 0 saturated heterocycles. The Morgan fingerprint density at radius 3 is 2.76 bits per heavy atom. The van der Waals surface area contributed by atoms with Crippen molar-refractivity contribution in [3.63, 3.8) is 0 Å². The molecule has 1 heterocycles. The number of aromatic nitrogens is 1. The number of rotatable bonds is 9. The number of carbonyl (C=O) groups excluding carboxylic acids is 1. The average molecular weight is 401 g/mol. The van der Waals surface area contributed by atoms with E-state index in [1.54, 1.807) is 6.20 Å². The lowest BCUT2D eigenvalue weighted by atomic mass is 10.1. The molecule has 0 aliphatic carbocycles. The highest BCUT2D eigenvalue weighted by atomic mass is 35.5. The van der Waals surface area contributed by atoms with Crippen LogP contribution in [-0.2, 0) is 21.1 Å². The molecular formula is C17H21ClN2O3S2. The summed E-state index contributed by atoms with van der Waals surface area (Å²) in [6.07, 6.45) is 4.65. The van der Waals surface area contributed by atoms with E-state index < -0.39 is 21.5 Å². The van der Waals surface area contributed by atoms with E-state index in [1.165, 1.54) is 11.3 Å². The van der Waals surface area contributed by atoms with Gasteiger partial charge < -0.3 is 5.32 Å². The van der Waals surface area contributed by atoms with Gasteiger partial charge in [0.1, 0.15) is 5.75 Å². The Bertz CT molecular complexity index is 819. The summed E-state index contributed by atoms with van der Waals surface area (Å²) in [5.41, 5.74) is 0.976. The summed E-state index contributed by atoms with van der Waals surface area (Å²) in [4.78, 5) is 17.0. The van der Waals surface area contributed by atoms with Crippen molar-refractivity contribution in [2.45, 2.75) is 32.6 Å². The van der Waals surface area contributed by atoms with E-state index in [-0.39, 0.29) is 5.75 Å². The minimum atomic E-state index is -3.37. The Labute approximate surface area is 157 Å². The van der Waals surface area contributed by atoms with Crippen LogP contribution in [0.3, 0.4) is 0 Å². The molecule has 1 aromatic carbocycles. The first kappa shape index (κ1) is 19.9. The van der Waals surface area contributed by atoms with Crippen LogP contribution in [0.25, 0.3) is 0 Å². The molecule has 0 radical (unpaired) electrons. The molecule has 2 rings (SSSR count). The fraction of sp³-hybridized carbons (Fsp3) is 0.412. The molecule has 5 nitrogen and oxygen atoms in total. The molecule has 0 aliphatic rings. The summed E-state index contributed by atoms with van der Waals surface area (Å²) in [5.74, 6) is -1.00. The van der Waals surface area contributed by atoms with Crippen molar-refractivity contribution in [3.05, 3.63) is 45.9 Å². The highest BCUT2D eigenvalue weighted by Crippen LogP contribution is 2.24. The van der Waals surface area contributed by atoms with Gasteiger partial charge in [0, 0.05) is 22.5 Å². The first-order valence-electron chi connectivity index (χ1n) is 8.08. The minimum Gasteiger partial charge on any atom is -0.301 e. The number of hydrogen-bond acceptors (Lipinski definition) is 5. The highest BCUT2D eigenvalue weighted by molar-refractivity contribution is 7.92. The number of amides is 1. The van der Waals surface area contributed by atoms with E-state index in [0.29, 0.717) is 23.0 Å². The maximum Gasteiger partial charge on any atom is 0.241 e. The Hall–Kier alpha value is -1.44. The van der Waals surface area contributed by atoms with Gasteiger partial charge in [-0.3, -0.25) is 4.79 Å². The number of nitrogens with one attached hydrogen (secondary N) is 1. The number of unbranched alkanes of at least 4 members (excludes halogenated alkanes) is 2. The molecule has 0 spiro atoms. The van der Waals surface area contributed by atoms with Gasteiger partial charge in [-0.05, 0) is 18.1 Å². The van der Waals surface area contributed by atoms with Crippen molar-refractivity contribution in [2.24, 2.45) is 0 Å². The van der Waals surface area contributed by atoms with Crippen LogP contribution >= 0.6 is 22.9 Å². The molecule has 2 aromatic rings. The van der Waals surface area contributed by atoms with Crippen LogP contribution in [0.5, 0.6) is 0 Å². The number of nitrogens with zero attached hydrogens (tertiary/aromatic N) is 1. The van der Waals surface area contributed by atoms with Crippen LogP contribution in [0.4, 0.5) is 5.13 Å². The molecule has 0 unspecified atom stereocenters. The maximum atomic E-state index is 11.9. The monoisotopic (exact) mass is 400 g/mol. The molecule has 25 heavy (non-hydrogen) atoms. The molecule has 0 bridgehead atoms. The largest absolute Gasteiger partial charge is 0.301 e. The zero-order chi connectivity index (χ0) is 18.3. The van der Waals surface area contributed by atoms with Gasteiger partial charge in [0.15, 0.2) is 15.0 Å². The molecule has 0 saturated carbocycles. The van der Waals surface area contributed by atoms with E-state index in [4.69, 9.17) is 11.6 Å². The van der Waals surface area contributed by atoms with Gasteiger partial charge >= 0.3 is 0 Å². The van der Waals surface area contributed by atoms with Crippen LogP contribution in [-0.4, -0.2) is 30.8 Å². The Morgan fingerprint density at radius 1 is 1.28 bits per heavy atom. The molecule has 0 atom stereocenters. The first-order chi connectivity index (χ1) is 11.9. The summed E-state index contributed by atoms with van der Waals surface area (Å²) in [5, 5.41) is 3.64. The van der Waals surface area contributed by atoms with E-state index in [9.17, 15) is 13.2 Å². The minimum absolute atomic E-state index is 0.0455. The van der Waals surface area contributed by atoms with Crippen LogP contribution in [0.2, 0.25) is 5.02 Å². The van der Waals surface area contributed by atoms with E-state index >= 15 is 0 Å². The quantitative estimate of drug-likeness (QED) is 0.647. The van der Waals surface area contributed by atoms with Crippen molar-refractivity contribution in [1.29, 1.82) is 0 Å². The topological polar surface area (TPSA) is 76.1 Å². The smallest absolute Gasteiger partial charge is 0.241 e.